The zero-order valence-corrected chi connectivity index (χ0v) is 13.3. The maximum absolute atomic E-state index is 12.0. The summed E-state index contributed by atoms with van der Waals surface area (Å²) in [5.74, 6) is 0.615. The molecule has 1 aliphatic carbocycles. The summed E-state index contributed by atoms with van der Waals surface area (Å²) in [7, 11) is 1.62. The molecule has 2 aromatic rings. The Balaban J connectivity index is 1.64. The standard InChI is InChI=1S/C17H18N2O2S/c1-21-13-6-4-5-12(11-13)9-10-16(20)19-17-18-14-7-2-3-8-15(14)22-17/h4-6,9-11H,2-3,7-8H2,1H3,(H,18,19,20)/b10-9+. The van der Waals surface area contributed by atoms with Gasteiger partial charge in [0.05, 0.1) is 12.8 Å². The Morgan fingerprint density at radius 3 is 3.05 bits per heavy atom. The van der Waals surface area contributed by atoms with E-state index >= 15 is 0 Å². The van der Waals surface area contributed by atoms with E-state index in [9.17, 15) is 4.79 Å². The van der Waals surface area contributed by atoms with Gasteiger partial charge in [-0.15, -0.1) is 11.3 Å². The number of amides is 1. The summed E-state index contributed by atoms with van der Waals surface area (Å²) in [6.45, 7) is 0. The van der Waals surface area contributed by atoms with E-state index in [0.29, 0.717) is 5.13 Å². The predicted molar refractivity (Wildman–Crippen MR) is 89.4 cm³/mol. The van der Waals surface area contributed by atoms with Gasteiger partial charge in [0.25, 0.3) is 0 Å². The molecule has 1 N–H and O–H groups in total. The lowest BCUT2D eigenvalue weighted by Crippen LogP contribution is -2.07. The van der Waals surface area contributed by atoms with E-state index in [1.54, 1.807) is 24.5 Å². The Morgan fingerprint density at radius 2 is 2.23 bits per heavy atom. The van der Waals surface area contributed by atoms with Gasteiger partial charge in [0.2, 0.25) is 5.91 Å². The molecular weight excluding hydrogens is 296 g/mol. The number of fused-ring (bicyclic) bond motifs is 1. The van der Waals surface area contributed by atoms with Gasteiger partial charge in [-0.3, -0.25) is 10.1 Å². The highest BCUT2D eigenvalue weighted by molar-refractivity contribution is 7.15. The Morgan fingerprint density at radius 1 is 1.36 bits per heavy atom. The summed E-state index contributed by atoms with van der Waals surface area (Å²) in [6, 6.07) is 7.57. The molecule has 0 saturated heterocycles. The number of ether oxygens (including phenoxy) is 1. The third kappa shape index (κ3) is 3.54. The Labute approximate surface area is 133 Å². The minimum Gasteiger partial charge on any atom is -0.497 e. The molecule has 0 bridgehead atoms. The Kier molecular flexibility index (Phi) is 4.53. The summed E-state index contributed by atoms with van der Waals surface area (Å²) >= 11 is 1.59. The number of hydrogen-bond acceptors (Lipinski definition) is 4. The normalized spacial score (nSPS) is 13.9. The van der Waals surface area contributed by atoms with Crippen LogP contribution in [-0.2, 0) is 17.6 Å². The number of aryl methyl sites for hydroxylation is 2. The molecule has 1 heterocycles. The number of nitrogens with one attached hydrogen (secondary N) is 1. The number of benzene rings is 1. The van der Waals surface area contributed by atoms with Crippen LogP contribution in [0.25, 0.3) is 6.08 Å². The summed E-state index contributed by atoms with van der Waals surface area (Å²) in [5, 5.41) is 3.55. The van der Waals surface area contributed by atoms with E-state index < -0.39 is 0 Å². The molecule has 3 rings (SSSR count). The number of hydrogen-bond donors (Lipinski definition) is 1. The minimum atomic E-state index is -0.158. The van der Waals surface area contributed by atoms with Crippen LogP contribution < -0.4 is 10.1 Å². The van der Waals surface area contributed by atoms with Crippen molar-refractivity contribution in [1.82, 2.24) is 4.98 Å². The Hall–Kier alpha value is -2.14. The number of methoxy groups -OCH3 is 1. The molecule has 0 radical (unpaired) electrons. The Bertz CT molecular complexity index is 683. The van der Waals surface area contributed by atoms with E-state index in [-0.39, 0.29) is 5.91 Å². The fourth-order valence-electron chi connectivity index (χ4n) is 2.47. The zero-order chi connectivity index (χ0) is 15.4. The first-order chi connectivity index (χ1) is 10.7. The van der Waals surface area contributed by atoms with E-state index in [1.165, 1.54) is 23.8 Å². The number of carbonyl (C=O) groups is 1. The zero-order valence-electron chi connectivity index (χ0n) is 12.5. The van der Waals surface area contributed by atoms with E-state index in [4.69, 9.17) is 4.74 Å². The number of anilines is 1. The van der Waals surface area contributed by atoms with Gasteiger partial charge >= 0.3 is 0 Å². The molecular formula is C17H18N2O2S. The van der Waals surface area contributed by atoms with Crippen LogP contribution >= 0.6 is 11.3 Å². The first-order valence-electron chi connectivity index (χ1n) is 7.36. The molecule has 4 nitrogen and oxygen atoms in total. The summed E-state index contributed by atoms with van der Waals surface area (Å²) < 4.78 is 5.16. The van der Waals surface area contributed by atoms with Crippen molar-refractivity contribution in [1.29, 1.82) is 0 Å². The fourth-order valence-corrected chi connectivity index (χ4v) is 3.52. The van der Waals surface area contributed by atoms with Gasteiger partial charge in [-0.05, 0) is 49.5 Å². The van der Waals surface area contributed by atoms with Gasteiger partial charge in [-0.25, -0.2) is 4.98 Å². The first kappa shape index (κ1) is 14.8. The molecule has 0 fully saturated rings. The van der Waals surface area contributed by atoms with Crippen LogP contribution in [0.15, 0.2) is 30.3 Å². The molecule has 22 heavy (non-hydrogen) atoms. The van der Waals surface area contributed by atoms with Crippen LogP contribution in [0.2, 0.25) is 0 Å². The van der Waals surface area contributed by atoms with Gasteiger partial charge in [0, 0.05) is 11.0 Å². The maximum Gasteiger partial charge on any atom is 0.250 e. The molecule has 1 aromatic carbocycles. The average Bonchev–Trinajstić information content (AvgIpc) is 2.95. The molecule has 0 aliphatic heterocycles. The van der Waals surface area contributed by atoms with Crippen molar-refractivity contribution >= 4 is 28.5 Å². The number of aromatic nitrogens is 1. The molecule has 0 atom stereocenters. The second-order valence-electron chi connectivity index (χ2n) is 5.20. The number of carbonyl (C=O) groups excluding carboxylic acids is 1. The van der Waals surface area contributed by atoms with Crippen molar-refractivity contribution in [3.05, 3.63) is 46.5 Å². The fraction of sp³-hybridized carbons (Fsp3) is 0.294. The maximum atomic E-state index is 12.0. The third-order valence-corrected chi connectivity index (χ3v) is 4.67. The number of nitrogens with zero attached hydrogens (tertiary/aromatic N) is 1. The highest BCUT2D eigenvalue weighted by Crippen LogP contribution is 2.29. The minimum absolute atomic E-state index is 0.158. The highest BCUT2D eigenvalue weighted by atomic mass is 32.1. The second kappa shape index (κ2) is 6.75. The van der Waals surface area contributed by atoms with Gasteiger partial charge < -0.3 is 4.74 Å². The predicted octanol–water partition coefficient (Wildman–Crippen LogP) is 3.68. The second-order valence-corrected chi connectivity index (χ2v) is 6.28. The van der Waals surface area contributed by atoms with Gasteiger partial charge in [-0.2, -0.15) is 0 Å². The van der Waals surface area contributed by atoms with Crippen molar-refractivity contribution in [2.45, 2.75) is 25.7 Å². The van der Waals surface area contributed by atoms with Crippen molar-refractivity contribution in [2.75, 3.05) is 12.4 Å². The SMILES string of the molecule is COc1cccc(/C=C/C(=O)Nc2nc3c(s2)CCCC3)c1. The average molecular weight is 314 g/mol. The third-order valence-electron chi connectivity index (χ3n) is 3.60. The van der Waals surface area contributed by atoms with Crippen LogP contribution in [0.3, 0.4) is 0 Å². The molecule has 0 unspecified atom stereocenters. The lowest BCUT2D eigenvalue weighted by atomic mass is 10.0. The van der Waals surface area contributed by atoms with Crippen LogP contribution in [0, 0.1) is 0 Å². The highest BCUT2D eigenvalue weighted by Gasteiger charge is 2.15. The molecule has 5 heteroatoms. The number of thiazole rings is 1. The van der Waals surface area contributed by atoms with Gasteiger partial charge in [0.1, 0.15) is 5.75 Å². The summed E-state index contributed by atoms with van der Waals surface area (Å²) in [4.78, 5) is 17.8. The molecule has 1 aromatic heterocycles. The summed E-state index contributed by atoms with van der Waals surface area (Å²) in [5.41, 5.74) is 2.08. The van der Waals surface area contributed by atoms with E-state index in [1.807, 2.05) is 24.3 Å². The van der Waals surface area contributed by atoms with Crippen LogP contribution in [-0.4, -0.2) is 18.0 Å². The monoisotopic (exact) mass is 314 g/mol. The van der Waals surface area contributed by atoms with Crippen LogP contribution in [0.4, 0.5) is 5.13 Å². The lowest BCUT2D eigenvalue weighted by molar-refractivity contribution is -0.111. The van der Waals surface area contributed by atoms with Crippen LogP contribution in [0.5, 0.6) is 5.75 Å². The lowest BCUT2D eigenvalue weighted by Gasteiger charge is -2.06. The first-order valence-corrected chi connectivity index (χ1v) is 8.18. The van der Waals surface area contributed by atoms with Crippen molar-refractivity contribution in [3.63, 3.8) is 0 Å². The van der Waals surface area contributed by atoms with Gasteiger partial charge in [0.15, 0.2) is 5.13 Å². The quantitative estimate of drug-likeness (QED) is 0.876. The van der Waals surface area contributed by atoms with E-state index in [2.05, 4.69) is 10.3 Å². The summed E-state index contributed by atoms with van der Waals surface area (Å²) in [6.07, 6.45) is 7.82. The molecule has 1 aliphatic rings. The topological polar surface area (TPSA) is 51.2 Å². The molecule has 1 amide bonds. The molecule has 114 valence electrons. The van der Waals surface area contributed by atoms with E-state index in [0.717, 1.165) is 29.8 Å². The largest absolute Gasteiger partial charge is 0.497 e. The number of rotatable bonds is 4. The van der Waals surface area contributed by atoms with Crippen molar-refractivity contribution < 1.29 is 9.53 Å². The van der Waals surface area contributed by atoms with Gasteiger partial charge in [-0.1, -0.05) is 12.1 Å². The van der Waals surface area contributed by atoms with Crippen LogP contribution in [0.1, 0.15) is 29.0 Å². The molecule has 0 saturated carbocycles. The van der Waals surface area contributed by atoms with Crippen molar-refractivity contribution in [3.8, 4) is 5.75 Å². The van der Waals surface area contributed by atoms with Crippen molar-refractivity contribution in [2.24, 2.45) is 0 Å². The smallest absolute Gasteiger partial charge is 0.250 e. The molecule has 0 spiro atoms.